The largest absolute Gasteiger partial charge is 0.383 e. The SMILES string of the molecule is COCCNC(=O)[C@H]1CCCN(c2nc3c(s2)c(C)nn3-c2ccc(F)cc2)C1. The number of rotatable bonds is 6. The molecule has 1 fully saturated rings. The first-order valence-electron chi connectivity index (χ1n) is 9.70. The van der Waals surface area contributed by atoms with Crippen molar-refractivity contribution >= 4 is 32.7 Å². The van der Waals surface area contributed by atoms with Crippen LogP contribution in [0, 0.1) is 18.7 Å². The number of thiazole rings is 1. The molecule has 0 aliphatic carbocycles. The van der Waals surface area contributed by atoms with Crippen LogP contribution in [0.3, 0.4) is 0 Å². The molecule has 0 bridgehead atoms. The number of halogens is 1. The Hall–Kier alpha value is -2.52. The fraction of sp³-hybridized carbons (Fsp3) is 0.450. The highest BCUT2D eigenvalue weighted by atomic mass is 32.1. The highest BCUT2D eigenvalue weighted by molar-refractivity contribution is 7.22. The van der Waals surface area contributed by atoms with Crippen molar-refractivity contribution in [2.45, 2.75) is 19.8 Å². The number of methoxy groups -OCH3 is 1. The van der Waals surface area contributed by atoms with E-state index in [1.165, 1.54) is 12.1 Å². The summed E-state index contributed by atoms with van der Waals surface area (Å²) in [5.41, 5.74) is 2.43. The maximum absolute atomic E-state index is 13.3. The van der Waals surface area contributed by atoms with E-state index in [-0.39, 0.29) is 17.6 Å². The molecule has 1 aromatic carbocycles. The van der Waals surface area contributed by atoms with Gasteiger partial charge in [-0.1, -0.05) is 11.3 Å². The molecule has 154 valence electrons. The summed E-state index contributed by atoms with van der Waals surface area (Å²) in [5, 5.41) is 8.40. The number of nitrogens with one attached hydrogen (secondary N) is 1. The minimum atomic E-state index is -0.282. The molecule has 3 aromatic rings. The van der Waals surface area contributed by atoms with E-state index in [1.54, 1.807) is 35.3 Å². The highest BCUT2D eigenvalue weighted by Gasteiger charge is 2.28. The van der Waals surface area contributed by atoms with E-state index in [0.717, 1.165) is 46.2 Å². The number of nitrogens with zero attached hydrogens (tertiary/aromatic N) is 4. The molecule has 7 nitrogen and oxygen atoms in total. The van der Waals surface area contributed by atoms with Crippen LogP contribution in [0.5, 0.6) is 0 Å². The molecule has 1 aliphatic heterocycles. The quantitative estimate of drug-likeness (QED) is 0.625. The van der Waals surface area contributed by atoms with E-state index >= 15 is 0 Å². The summed E-state index contributed by atoms with van der Waals surface area (Å²) in [6, 6.07) is 6.23. The molecule has 2 aromatic heterocycles. The summed E-state index contributed by atoms with van der Waals surface area (Å²) in [6.07, 6.45) is 1.82. The van der Waals surface area contributed by atoms with Crippen molar-refractivity contribution in [3.05, 3.63) is 35.8 Å². The average molecular weight is 418 g/mol. The van der Waals surface area contributed by atoms with Gasteiger partial charge in [0.1, 0.15) is 5.82 Å². The van der Waals surface area contributed by atoms with Crippen LogP contribution in [0.4, 0.5) is 9.52 Å². The summed E-state index contributed by atoms with van der Waals surface area (Å²) in [5.74, 6) is -0.264. The monoisotopic (exact) mass is 417 g/mol. The molecule has 1 amide bonds. The van der Waals surface area contributed by atoms with Crippen molar-refractivity contribution in [1.82, 2.24) is 20.1 Å². The number of hydrogen-bond acceptors (Lipinski definition) is 6. The number of piperidine rings is 1. The zero-order valence-corrected chi connectivity index (χ0v) is 17.3. The van der Waals surface area contributed by atoms with Crippen LogP contribution in [0.1, 0.15) is 18.5 Å². The molecule has 0 saturated carbocycles. The standard InChI is InChI=1S/C20H24FN5O2S/c1-13-17-18(26(24-13)16-7-5-15(21)6-8-16)23-20(29-17)25-10-3-4-14(12-25)19(27)22-9-11-28-2/h5-8,14H,3-4,9-12H2,1-2H3,(H,22,27)/t14-/m0/s1. The summed E-state index contributed by atoms with van der Waals surface area (Å²) in [4.78, 5) is 19.4. The number of fused-ring (bicyclic) bond motifs is 1. The van der Waals surface area contributed by atoms with Gasteiger partial charge in [-0.2, -0.15) is 10.1 Å². The first kappa shape index (κ1) is 19.8. The van der Waals surface area contributed by atoms with Gasteiger partial charge >= 0.3 is 0 Å². The number of aromatic nitrogens is 3. The Labute approximate surface area is 172 Å². The zero-order chi connectivity index (χ0) is 20.4. The molecular formula is C20H24FN5O2S. The lowest BCUT2D eigenvalue weighted by molar-refractivity contribution is -0.125. The van der Waals surface area contributed by atoms with Gasteiger partial charge in [-0.05, 0) is 44.0 Å². The summed E-state index contributed by atoms with van der Waals surface area (Å²) in [7, 11) is 1.62. The van der Waals surface area contributed by atoms with Gasteiger partial charge < -0.3 is 15.0 Å². The predicted molar refractivity (Wildman–Crippen MR) is 111 cm³/mol. The Bertz CT molecular complexity index is 1000. The number of carbonyl (C=O) groups is 1. The molecular weight excluding hydrogens is 393 g/mol. The molecule has 1 saturated heterocycles. The van der Waals surface area contributed by atoms with Crippen molar-refractivity contribution < 1.29 is 13.9 Å². The second-order valence-corrected chi connectivity index (χ2v) is 8.17. The minimum absolute atomic E-state index is 0.0534. The smallest absolute Gasteiger partial charge is 0.224 e. The van der Waals surface area contributed by atoms with Gasteiger partial charge in [0, 0.05) is 26.7 Å². The van der Waals surface area contributed by atoms with Crippen molar-refractivity contribution in [3.63, 3.8) is 0 Å². The number of anilines is 1. The van der Waals surface area contributed by atoms with Crippen molar-refractivity contribution in [3.8, 4) is 5.69 Å². The number of ether oxygens (including phenoxy) is 1. The van der Waals surface area contributed by atoms with Gasteiger partial charge in [0.15, 0.2) is 10.8 Å². The van der Waals surface area contributed by atoms with Gasteiger partial charge in [0.2, 0.25) is 5.91 Å². The molecule has 29 heavy (non-hydrogen) atoms. The molecule has 1 atom stereocenters. The Balaban J connectivity index is 1.55. The average Bonchev–Trinajstić information content (AvgIpc) is 3.30. The van der Waals surface area contributed by atoms with Gasteiger partial charge in [0.05, 0.1) is 28.6 Å². The minimum Gasteiger partial charge on any atom is -0.383 e. The van der Waals surface area contributed by atoms with E-state index in [0.29, 0.717) is 19.7 Å². The van der Waals surface area contributed by atoms with Crippen LogP contribution in [0.25, 0.3) is 16.0 Å². The number of amides is 1. The molecule has 1 N–H and O–H groups in total. The lowest BCUT2D eigenvalue weighted by Gasteiger charge is -2.31. The van der Waals surface area contributed by atoms with Crippen LogP contribution in [0.2, 0.25) is 0 Å². The van der Waals surface area contributed by atoms with E-state index in [2.05, 4.69) is 15.3 Å². The summed E-state index contributed by atoms with van der Waals surface area (Å²) in [6.45, 7) is 4.52. The molecule has 9 heteroatoms. The lowest BCUT2D eigenvalue weighted by Crippen LogP contribution is -2.43. The van der Waals surface area contributed by atoms with Crippen LogP contribution in [-0.4, -0.2) is 54.0 Å². The van der Waals surface area contributed by atoms with E-state index in [1.807, 2.05) is 6.92 Å². The topological polar surface area (TPSA) is 72.3 Å². The Morgan fingerprint density at radius 1 is 1.38 bits per heavy atom. The van der Waals surface area contributed by atoms with Gasteiger partial charge in [-0.15, -0.1) is 0 Å². The molecule has 0 unspecified atom stereocenters. The Kier molecular flexibility index (Phi) is 5.77. The number of carbonyl (C=O) groups excluding carboxylic acids is 1. The number of aryl methyl sites for hydroxylation is 1. The molecule has 3 heterocycles. The Morgan fingerprint density at radius 2 is 2.17 bits per heavy atom. The third kappa shape index (κ3) is 4.11. The number of benzene rings is 1. The normalized spacial score (nSPS) is 17.1. The van der Waals surface area contributed by atoms with Crippen LogP contribution in [-0.2, 0) is 9.53 Å². The molecule has 0 spiro atoms. The van der Waals surface area contributed by atoms with Crippen LogP contribution < -0.4 is 10.2 Å². The zero-order valence-electron chi connectivity index (χ0n) is 16.5. The maximum atomic E-state index is 13.3. The van der Waals surface area contributed by atoms with Crippen molar-refractivity contribution in [2.75, 3.05) is 38.3 Å². The number of hydrogen-bond donors (Lipinski definition) is 1. The van der Waals surface area contributed by atoms with Crippen LogP contribution >= 0.6 is 11.3 Å². The first-order chi connectivity index (χ1) is 14.1. The third-order valence-electron chi connectivity index (χ3n) is 5.12. The van der Waals surface area contributed by atoms with E-state index in [9.17, 15) is 9.18 Å². The second kappa shape index (κ2) is 8.46. The van der Waals surface area contributed by atoms with Gasteiger partial charge in [-0.25, -0.2) is 9.07 Å². The fourth-order valence-electron chi connectivity index (χ4n) is 3.61. The van der Waals surface area contributed by atoms with E-state index in [4.69, 9.17) is 9.72 Å². The predicted octanol–water partition coefficient (Wildman–Crippen LogP) is 2.91. The van der Waals surface area contributed by atoms with Crippen LogP contribution in [0.15, 0.2) is 24.3 Å². The highest BCUT2D eigenvalue weighted by Crippen LogP contribution is 2.34. The first-order valence-corrected chi connectivity index (χ1v) is 10.5. The summed E-state index contributed by atoms with van der Waals surface area (Å²) < 4.78 is 21.0. The maximum Gasteiger partial charge on any atom is 0.224 e. The lowest BCUT2D eigenvalue weighted by atomic mass is 9.97. The molecule has 1 aliphatic rings. The third-order valence-corrected chi connectivity index (χ3v) is 6.33. The van der Waals surface area contributed by atoms with E-state index < -0.39 is 0 Å². The van der Waals surface area contributed by atoms with Gasteiger partial charge in [0.25, 0.3) is 0 Å². The fourth-order valence-corrected chi connectivity index (χ4v) is 4.63. The Morgan fingerprint density at radius 3 is 2.93 bits per heavy atom. The summed E-state index contributed by atoms with van der Waals surface area (Å²) >= 11 is 1.59. The second-order valence-electron chi connectivity index (χ2n) is 7.19. The van der Waals surface area contributed by atoms with Gasteiger partial charge in [-0.3, -0.25) is 4.79 Å². The van der Waals surface area contributed by atoms with Crippen molar-refractivity contribution in [1.29, 1.82) is 0 Å². The molecule has 0 radical (unpaired) electrons. The molecule has 4 rings (SSSR count). The van der Waals surface area contributed by atoms with Crippen molar-refractivity contribution in [2.24, 2.45) is 5.92 Å².